The molecule has 1 aromatic heterocycles. The van der Waals surface area contributed by atoms with Crippen LogP contribution in [0.3, 0.4) is 0 Å². The van der Waals surface area contributed by atoms with Crippen LogP contribution in [0.5, 0.6) is 5.75 Å². The van der Waals surface area contributed by atoms with Gasteiger partial charge in [0.15, 0.2) is 0 Å². The van der Waals surface area contributed by atoms with Gasteiger partial charge in [-0.15, -0.1) is 0 Å². The van der Waals surface area contributed by atoms with E-state index in [-0.39, 0.29) is 53.2 Å². The lowest BCUT2D eigenvalue weighted by Crippen LogP contribution is -2.74. The van der Waals surface area contributed by atoms with Crippen molar-refractivity contribution in [3.05, 3.63) is 99.2 Å². The second-order valence-corrected chi connectivity index (χ2v) is 18.1. The smallest absolute Gasteiger partial charge is 0.275 e. The van der Waals surface area contributed by atoms with Crippen LogP contribution in [0, 0.1) is 23.3 Å². The van der Waals surface area contributed by atoms with E-state index < -0.39 is 11.9 Å². The lowest BCUT2D eigenvalue weighted by atomic mass is 9.49. The molecule has 308 valence electrons. The molecule has 4 heterocycles. The molecule has 1 atom stereocenters. The number of hydrogen-bond acceptors (Lipinski definition) is 9. The molecule has 4 aliphatic rings. The van der Waals surface area contributed by atoms with E-state index in [4.69, 9.17) is 22.9 Å². The number of amides is 3. The average Bonchev–Trinajstić information content (AvgIpc) is 3.22. The minimum atomic E-state index is -0.781. The second kappa shape index (κ2) is 16.0. The molecule has 2 N–H and O–H groups in total. The Balaban J connectivity index is 0.792. The number of nitrogens with zero attached hydrogens (tertiary/aromatic N) is 6. The lowest BCUT2D eigenvalue weighted by molar-refractivity contribution is -0.164. The van der Waals surface area contributed by atoms with Gasteiger partial charge in [0.1, 0.15) is 17.9 Å². The van der Waals surface area contributed by atoms with Crippen molar-refractivity contribution in [3.8, 4) is 5.75 Å². The normalized spacial score (nSPS) is 23.3. The van der Waals surface area contributed by atoms with E-state index in [2.05, 4.69) is 75.1 Å². The Morgan fingerprint density at radius 2 is 1.58 bits per heavy atom. The van der Waals surface area contributed by atoms with Gasteiger partial charge in [-0.1, -0.05) is 45.4 Å². The molecule has 4 fully saturated rings. The van der Waals surface area contributed by atoms with E-state index in [1.807, 2.05) is 30.3 Å². The summed E-state index contributed by atoms with van der Waals surface area (Å²) in [7, 11) is 0. The predicted molar refractivity (Wildman–Crippen MR) is 228 cm³/mol. The highest BCUT2D eigenvalue weighted by Crippen LogP contribution is 2.55. The molecule has 3 aromatic carbocycles. The van der Waals surface area contributed by atoms with Crippen LogP contribution >= 0.6 is 11.6 Å². The number of anilines is 2. The van der Waals surface area contributed by atoms with Crippen LogP contribution in [-0.4, -0.2) is 90.4 Å². The number of nitrogens with one attached hydrogen (secondary N) is 2. The molecule has 0 radical (unpaired) electrons. The molecule has 0 bridgehead atoms. The number of carbonyl (C=O) groups is 3. The van der Waals surface area contributed by atoms with Crippen LogP contribution < -0.4 is 30.7 Å². The molecule has 0 unspecified atom stereocenters. The number of carbonyl (C=O) groups excluding carboxylic acids is 3. The highest BCUT2D eigenvalue weighted by Gasteiger charge is 2.64. The van der Waals surface area contributed by atoms with Crippen molar-refractivity contribution in [1.82, 2.24) is 25.3 Å². The fourth-order valence-electron chi connectivity index (χ4n) is 10.0. The number of rotatable bonds is 9. The minimum absolute atomic E-state index is 0.0987. The van der Waals surface area contributed by atoms with Gasteiger partial charge in [0.05, 0.1) is 23.2 Å². The minimum Gasteiger partial charge on any atom is -0.489 e. The average molecular weight is 819 g/mol. The summed E-state index contributed by atoms with van der Waals surface area (Å²) in [6.07, 6.45) is 4.15. The summed E-state index contributed by atoms with van der Waals surface area (Å²) < 4.78 is 7.60. The maximum Gasteiger partial charge on any atom is 0.275 e. The van der Waals surface area contributed by atoms with Gasteiger partial charge in [-0.3, -0.25) is 29.4 Å². The number of fused-ring (bicyclic) bond motifs is 1. The van der Waals surface area contributed by atoms with Crippen molar-refractivity contribution in [2.75, 3.05) is 55.6 Å². The van der Waals surface area contributed by atoms with Crippen LogP contribution in [0.25, 0.3) is 15.6 Å². The number of benzene rings is 3. The van der Waals surface area contributed by atoms with Crippen LogP contribution in [0.4, 0.5) is 17.1 Å². The van der Waals surface area contributed by atoms with Crippen LogP contribution in [0.15, 0.2) is 71.7 Å². The number of piperidine rings is 2. The zero-order valence-electron chi connectivity index (χ0n) is 34.0. The molecule has 3 aliphatic heterocycles. The lowest BCUT2D eigenvalue weighted by Gasteiger charge is -2.63. The SMILES string of the molecule is [C-]#[N+]c1ccc(OC2C(C)(C)C(NC(=O)c3ccc(N4CCC(CN5CCN(c6ccc7c(=O)n([C@@H]8CCC(=O)NC8=O)ncc7c6)CC5)CC4)cc3)C2(C)C)cc1Cl. The van der Waals surface area contributed by atoms with E-state index in [1.54, 1.807) is 24.4 Å². The Morgan fingerprint density at radius 3 is 2.24 bits per heavy atom. The molecule has 0 spiro atoms. The fourth-order valence-corrected chi connectivity index (χ4v) is 10.3. The molecule has 59 heavy (non-hydrogen) atoms. The van der Waals surface area contributed by atoms with Crippen LogP contribution in [0.2, 0.25) is 5.02 Å². The van der Waals surface area contributed by atoms with Crippen LogP contribution in [-0.2, 0) is 9.59 Å². The molecular weight excluding hydrogens is 768 g/mol. The Labute approximate surface area is 349 Å². The maximum absolute atomic E-state index is 13.5. The van der Waals surface area contributed by atoms with Gasteiger partial charge in [-0.2, -0.15) is 5.10 Å². The van der Waals surface area contributed by atoms with E-state index in [0.717, 1.165) is 75.4 Å². The Hall–Kier alpha value is -5.45. The third-order valence-corrected chi connectivity index (χ3v) is 13.4. The van der Waals surface area contributed by atoms with Gasteiger partial charge in [-0.05, 0) is 79.8 Å². The Kier molecular flexibility index (Phi) is 10.9. The van der Waals surface area contributed by atoms with E-state index in [9.17, 15) is 19.2 Å². The van der Waals surface area contributed by atoms with Crippen molar-refractivity contribution in [1.29, 1.82) is 0 Å². The largest absolute Gasteiger partial charge is 0.489 e. The number of hydrogen-bond donors (Lipinski definition) is 2. The first-order chi connectivity index (χ1) is 28.2. The molecule has 13 nitrogen and oxygen atoms in total. The molecular formula is C45H51ClN8O5. The molecule has 1 aliphatic carbocycles. The summed E-state index contributed by atoms with van der Waals surface area (Å²) in [6.45, 7) is 22.4. The topological polar surface area (TPSA) is 133 Å². The zero-order chi connectivity index (χ0) is 41.6. The van der Waals surface area contributed by atoms with E-state index in [0.29, 0.717) is 33.3 Å². The molecule has 3 amide bonds. The second-order valence-electron chi connectivity index (χ2n) is 17.7. The van der Waals surface area contributed by atoms with Crippen molar-refractivity contribution in [3.63, 3.8) is 0 Å². The fraction of sp³-hybridized carbons (Fsp3) is 0.467. The molecule has 4 aromatic rings. The van der Waals surface area contributed by atoms with Gasteiger partial charge in [0, 0.05) is 91.4 Å². The van der Waals surface area contributed by atoms with E-state index >= 15 is 0 Å². The van der Waals surface area contributed by atoms with Crippen molar-refractivity contribution < 1.29 is 19.1 Å². The Morgan fingerprint density at radius 1 is 0.898 bits per heavy atom. The van der Waals surface area contributed by atoms with Gasteiger partial charge >= 0.3 is 0 Å². The molecule has 1 saturated carbocycles. The summed E-state index contributed by atoms with van der Waals surface area (Å²) in [5.41, 5.74) is 2.21. The third-order valence-electron chi connectivity index (χ3n) is 13.1. The highest BCUT2D eigenvalue weighted by molar-refractivity contribution is 6.33. The predicted octanol–water partition coefficient (Wildman–Crippen LogP) is 6.23. The maximum atomic E-state index is 13.5. The zero-order valence-corrected chi connectivity index (χ0v) is 34.8. The summed E-state index contributed by atoms with van der Waals surface area (Å²) in [5, 5.41) is 11.5. The number of piperazine rings is 1. The molecule has 8 rings (SSSR count). The van der Waals surface area contributed by atoms with Crippen molar-refractivity contribution in [2.24, 2.45) is 16.7 Å². The first kappa shape index (κ1) is 40.3. The number of imide groups is 1. The first-order valence-electron chi connectivity index (χ1n) is 20.5. The Bertz CT molecular complexity index is 2360. The molecule has 14 heteroatoms. The van der Waals surface area contributed by atoms with E-state index in [1.165, 1.54) is 4.68 Å². The summed E-state index contributed by atoms with van der Waals surface area (Å²) >= 11 is 6.27. The number of aromatic nitrogens is 2. The van der Waals surface area contributed by atoms with Gasteiger partial charge in [0.25, 0.3) is 17.4 Å². The van der Waals surface area contributed by atoms with Gasteiger partial charge in [-0.25, -0.2) is 9.53 Å². The summed E-state index contributed by atoms with van der Waals surface area (Å²) in [5.74, 6) is 0.324. The monoisotopic (exact) mass is 818 g/mol. The standard InChI is InChI=1S/C45H51ClN8O5/c1-44(2)42(45(3,4)43(44)59-33-11-13-36(47-5)35(46)25-33)50-39(56)29-6-8-31(9-7-29)52-18-16-28(17-19-52)27-51-20-22-53(23-21-51)32-10-12-34-30(24-32)26-48-54(41(34)58)37-14-15-38(55)49-40(37)57/h6-13,24-26,28,37,42-43H,14-23,27H2,1-4H3,(H,50,56)(H,49,55,57)/t37-,42?,43?/m1/s1. The number of halogens is 1. The molecule has 3 saturated heterocycles. The van der Waals surface area contributed by atoms with Crippen molar-refractivity contribution >= 4 is 57.2 Å². The van der Waals surface area contributed by atoms with Gasteiger partial charge in [0.2, 0.25) is 11.6 Å². The van der Waals surface area contributed by atoms with Gasteiger partial charge < -0.3 is 19.9 Å². The first-order valence-corrected chi connectivity index (χ1v) is 20.9. The third kappa shape index (κ3) is 7.88. The highest BCUT2D eigenvalue weighted by atomic mass is 35.5. The van der Waals surface area contributed by atoms with Crippen molar-refractivity contribution in [2.45, 2.75) is 71.6 Å². The van der Waals surface area contributed by atoms with Crippen LogP contribution in [0.1, 0.15) is 69.8 Å². The summed E-state index contributed by atoms with van der Waals surface area (Å²) in [6, 6.07) is 18.0. The number of ether oxygens (including phenoxy) is 1. The summed E-state index contributed by atoms with van der Waals surface area (Å²) in [4.78, 5) is 61.5. The quantitative estimate of drug-likeness (QED) is 0.149.